The summed E-state index contributed by atoms with van der Waals surface area (Å²) in [6.45, 7) is 9.27. The van der Waals surface area contributed by atoms with Gasteiger partial charge in [-0.05, 0) is 53.0 Å². The van der Waals surface area contributed by atoms with Crippen molar-refractivity contribution in [3.8, 4) is 0 Å². The second-order valence-electron chi connectivity index (χ2n) is 7.39. The van der Waals surface area contributed by atoms with Gasteiger partial charge in [0.2, 0.25) is 5.91 Å². The Morgan fingerprint density at radius 2 is 2.00 bits per heavy atom. The number of urea groups is 1. The van der Waals surface area contributed by atoms with E-state index in [0.717, 1.165) is 19.4 Å². The largest absolute Gasteiger partial charge is 0.444 e. The van der Waals surface area contributed by atoms with Crippen LogP contribution in [-0.2, 0) is 9.53 Å². The first-order valence-electron chi connectivity index (χ1n) is 8.28. The van der Waals surface area contributed by atoms with Crippen molar-refractivity contribution in [2.24, 2.45) is 11.7 Å². The van der Waals surface area contributed by atoms with Crippen molar-refractivity contribution in [2.45, 2.75) is 52.2 Å². The Morgan fingerprint density at radius 1 is 1.38 bits per heavy atom. The molecule has 0 aromatic rings. The number of likely N-dealkylation sites (tertiary alicyclic amines) is 1. The number of nitrogens with two attached hydrogens (primary N) is 1. The number of rotatable bonds is 4. The number of ether oxygens (including phenoxy) is 1. The molecule has 8 nitrogen and oxygen atoms in total. The number of nitrogens with one attached hydrogen (secondary N) is 1. The molecule has 0 radical (unpaired) electrons. The van der Waals surface area contributed by atoms with Crippen molar-refractivity contribution >= 4 is 18.0 Å². The van der Waals surface area contributed by atoms with Gasteiger partial charge in [-0.3, -0.25) is 15.0 Å². The molecule has 1 aliphatic heterocycles. The molecule has 4 amide bonds. The summed E-state index contributed by atoms with van der Waals surface area (Å²) in [6.07, 6.45) is 1.56. The van der Waals surface area contributed by atoms with E-state index >= 15 is 0 Å². The normalized spacial score (nSPS) is 20.1. The molecule has 3 N–H and O–H groups in total. The Balaban J connectivity index is 2.55. The number of piperidine rings is 1. The fourth-order valence-electron chi connectivity index (χ4n) is 2.79. The van der Waals surface area contributed by atoms with Crippen LogP contribution in [0.25, 0.3) is 0 Å². The molecule has 138 valence electrons. The van der Waals surface area contributed by atoms with Gasteiger partial charge in [0, 0.05) is 20.1 Å². The summed E-state index contributed by atoms with van der Waals surface area (Å²) in [6, 6.07) is -1.28. The lowest BCUT2D eigenvalue weighted by molar-refractivity contribution is -0.125. The van der Waals surface area contributed by atoms with Crippen molar-refractivity contribution in [3.63, 3.8) is 0 Å². The highest BCUT2D eigenvalue weighted by molar-refractivity contribution is 5.96. The monoisotopic (exact) mass is 342 g/mol. The zero-order valence-corrected chi connectivity index (χ0v) is 15.3. The van der Waals surface area contributed by atoms with Gasteiger partial charge in [-0.1, -0.05) is 0 Å². The highest BCUT2D eigenvalue weighted by atomic mass is 16.6. The fourth-order valence-corrected chi connectivity index (χ4v) is 2.79. The first-order valence-corrected chi connectivity index (χ1v) is 8.28. The smallest absolute Gasteiger partial charge is 0.410 e. The highest BCUT2D eigenvalue weighted by Gasteiger charge is 2.29. The number of carbonyl (C=O) groups is 3. The van der Waals surface area contributed by atoms with Gasteiger partial charge in [0.15, 0.2) is 0 Å². The van der Waals surface area contributed by atoms with E-state index in [1.165, 1.54) is 0 Å². The molecule has 0 unspecified atom stereocenters. The predicted molar refractivity (Wildman–Crippen MR) is 90.3 cm³/mol. The molecule has 1 heterocycles. The molecule has 0 spiro atoms. The van der Waals surface area contributed by atoms with Crippen LogP contribution in [0.3, 0.4) is 0 Å². The van der Waals surface area contributed by atoms with E-state index in [-0.39, 0.29) is 12.0 Å². The van der Waals surface area contributed by atoms with E-state index in [4.69, 9.17) is 10.5 Å². The summed E-state index contributed by atoms with van der Waals surface area (Å²) < 4.78 is 5.36. The van der Waals surface area contributed by atoms with Gasteiger partial charge < -0.3 is 15.4 Å². The molecule has 0 aliphatic carbocycles. The standard InChI is InChI=1S/C16H30N4O4/c1-11(13(21)18-14(17)22)20-8-6-7-12(10-20)9-19(5)15(23)24-16(2,3)4/h11-12H,6-10H2,1-5H3,(H3,17,18,21,22)/t11-,12-/m0/s1. The summed E-state index contributed by atoms with van der Waals surface area (Å²) in [5.41, 5.74) is 4.47. The third kappa shape index (κ3) is 6.74. The number of primary amides is 1. The lowest BCUT2D eigenvalue weighted by Gasteiger charge is -2.37. The molecular formula is C16H30N4O4. The van der Waals surface area contributed by atoms with Crippen LogP contribution in [-0.4, -0.2) is 66.2 Å². The Hall–Kier alpha value is -1.83. The number of carbonyl (C=O) groups excluding carboxylic acids is 3. The molecule has 1 aliphatic rings. The molecule has 24 heavy (non-hydrogen) atoms. The van der Waals surface area contributed by atoms with Crippen molar-refractivity contribution < 1.29 is 19.1 Å². The molecule has 1 fully saturated rings. The lowest BCUT2D eigenvalue weighted by atomic mass is 9.96. The Bertz CT molecular complexity index is 475. The molecular weight excluding hydrogens is 312 g/mol. The van der Waals surface area contributed by atoms with E-state index < -0.39 is 23.6 Å². The molecule has 0 aromatic carbocycles. The third-order valence-electron chi connectivity index (χ3n) is 3.96. The minimum atomic E-state index is -0.843. The zero-order chi connectivity index (χ0) is 18.5. The van der Waals surface area contributed by atoms with Crippen LogP contribution in [0.2, 0.25) is 0 Å². The maximum Gasteiger partial charge on any atom is 0.410 e. The number of imide groups is 1. The molecule has 2 atom stereocenters. The maximum absolute atomic E-state index is 12.1. The second-order valence-corrected chi connectivity index (χ2v) is 7.39. The quantitative estimate of drug-likeness (QED) is 0.797. The molecule has 0 bridgehead atoms. The first kappa shape index (κ1) is 20.2. The van der Waals surface area contributed by atoms with Gasteiger partial charge in [-0.15, -0.1) is 0 Å². The maximum atomic E-state index is 12.1. The van der Waals surface area contributed by atoms with Crippen LogP contribution >= 0.6 is 0 Å². The Kier molecular flexibility index (Phi) is 7.01. The summed E-state index contributed by atoms with van der Waals surface area (Å²) in [7, 11) is 1.72. The summed E-state index contributed by atoms with van der Waals surface area (Å²) in [5.74, 6) is -0.149. The fraction of sp³-hybridized carbons (Fsp3) is 0.812. The van der Waals surface area contributed by atoms with Crippen LogP contribution < -0.4 is 11.1 Å². The summed E-state index contributed by atoms with van der Waals surface area (Å²) in [5, 5.41) is 2.11. The zero-order valence-electron chi connectivity index (χ0n) is 15.3. The minimum Gasteiger partial charge on any atom is -0.444 e. The Morgan fingerprint density at radius 3 is 2.54 bits per heavy atom. The first-order chi connectivity index (χ1) is 11.0. The molecule has 8 heteroatoms. The van der Waals surface area contributed by atoms with Crippen LogP contribution in [0, 0.1) is 5.92 Å². The van der Waals surface area contributed by atoms with E-state index in [2.05, 4.69) is 5.32 Å². The molecule has 0 aromatic heterocycles. The van der Waals surface area contributed by atoms with E-state index in [1.807, 2.05) is 25.7 Å². The van der Waals surface area contributed by atoms with Crippen LogP contribution in [0.15, 0.2) is 0 Å². The van der Waals surface area contributed by atoms with Crippen molar-refractivity contribution in [2.75, 3.05) is 26.7 Å². The van der Waals surface area contributed by atoms with E-state index in [9.17, 15) is 14.4 Å². The van der Waals surface area contributed by atoms with Crippen molar-refractivity contribution in [1.29, 1.82) is 0 Å². The van der Waals surface area contributed by atoms with Crippen LogP contribution in [0.5, 0.6) is 0 Å². The van der Waals surface area contributed by atoms with E-state index in [0.29, 0.717) is 13.1 Å². The van der Waals surface area contributed by atoms with Gasteiger partial charge >= 0.3 is 12.1 Å². The highest BCUT2D eigenvalue weighted by Crippen LogP contribution is 2.20. The average Bonchev–Trinajstić information content (AvgIpc) is 2.44. The molecule has 1 rings (SSSR count). The Labute approximate surface area is 143 Å². The van der Waals surface area contributed by atoms with E-state index in [1.54, 1.807) is 18.9 Å². The van der Waals surface area contributed by atoms with Gasteiger partial charge in [-0.2, -0.15) is 0 Å². The number of hydrogen-bond acceptors (Lipinski definition) is 5. The van der Waals surface area contributed by atoms with Gasteiger partial charge in [0.1, 0.15) is 5.60 Å². The summed E-state index contributed by atoms with van der Waals surface area (Å²) >= 11 is 0. The number of nitrogens with zero attached hydrogens (tertiary/aromatic N) is 2. The lowest BCUT2D eigenvalue weighted by Crippen LogP contribution is -2.52. The second kappa shape index (κ2) is 8.32. The predicted octanol–water partition coefficient (Wildman–Crippen LogP) is 1.15. The molecule has 1 saturated heterocycles. The third-order valence-corrected chi connectivity index (χ3v) is 3.96. The van der Waals surface area contributed by atoms with Crippen LogP contribution in [0.4, 0.5) is 9.59 Å². The topological polar surface area (TPSA) is 105 Å². The number of amides is 4. The average molecular weight is 342 g/mol. The van der Waals surface area contributed by atoms with Crippen molar-refractivity contribution in [1.82, 2.24) is 15.1 Å². The van der Waals surface area contributed by atoms with Gasteiger partial charge in [-0.25, -0.2) is 9.59 Å². The van der Waals surface area contributed by atoms with Gasteiger partial charge in [0.25, 0.3) is 0 Å². The summed E-state index contributed by atoms with van der Waals surface area (Å²) in [4.78, 5) is 38.4. The van der Waals surface area contributed by atoms with Gasteiger partial charge in [0.05, 0.1) is 6.04 Å². The minimum absolute atomic E-state index is 0.250. The molecule has 0 saturated carbocycles. The number of hydrogen-bond donors (Lipinski definition) is 2. The van der Waals surface area contributed by atoms with Crippen molar-refractivity contribution in [3.05, 3.63) is 0 Å². The SMILES string of the molecule is C[C@@H](C(=O)NC(N)=O)N1CCC[C@@H](CN(C)C(=O)OC(C)(C)C)C1. The van der Waals surface area contributed by atoms with Crippen LogP contribution in [0.1, 0.15) is 40.5 Å².